The first kappa shape index (κ1) is 17.4. The van der Waals surface area contributed by atoms with Crippen molar-refractivity contribution in [2.45, 2.75) is 65.4 Å². The smallest absolute Gasteiger partial charge is 0.224 e. The van der Waals surface area contributed by atoms with Gasteiger partial charge in [0.1, 0.15) is 0 Å². The first-order chi connectivity index (χ1) is 9.33. The Kier molecular flexibility index (Phi) is 6.92. The first-order valence-electron chi connectivity index (χ1n) is 7.71. The minimum absolute atomic E-state index is 0.0428. The highest BCUT2D eigenvalue weighted by Gasteiger charge is 2.31. The molecule has 0 radical (unpaired) electrons. The van der Waals surface area contributed by atoms with Crippen LogP contribution in [0, 0.1) is 5.92 Å². The van der Waals surface area contributed by atoms with Crippen LogP contribution in [0.1, 0.15) is 53.4 Å². The molecule has 1 unspecified atom stereocenters. The quantitative estimate of drug-likeness (QED) is 0.576. The molecule has 1 aliphatic heterocycles. The zero-order chi connectivity index (χ0) is 15.2. The van der Waals surface area contributed by atoms with Gasteiger partial charge in [-0.25, -0.2) is 0 Å². The maximum Gasteiger partial charge on any atom is 0.224 e. The van der Waals surface area contributed by atoms with Gasteiger partial charge >= 0.3 is 0 Å². The molecule has 5 nitrogen and oxygen atoms in total. The molecule has 1 rings (SSSR count). The largest absolute Gasteiger partial charge is 0.356 e. The van der Waals surface area contributed by atoms with Crippen LogP contribution in [0.4, 0.5) is 0 Å². The highest BCUT2D eigenvalue weighted by molar-refractivity contribution is 5.78. The van der Waals surface area contributed by atoms with Gasteiger partial charge in [0.05, 0.1) is 11.5 Å². The molecule has 0 aromatic rings. The Balaban J connectivity index is 2.43. The summed E-state index contributed by atoms with van der Waals surface area (Å²) in [6.07, 6.45) is 2.96. The molecule has 1 fully saturated rings. The molecule has 2 N–H and O–H groups in total. The SMILES string of the molecule is CCCCNC(=O)[C@H]1CCCN(C(O)OC(C)(C)C)C1. The van der Waals surface area contributed by atoms with Gasteiger partial charge in [-0.05, 0) is 40.0 Å². The van der Waals surface area contributed by atoms with E-state index in [2.05, 4.69) is 12.2 Å². The summed E-state index contributed by atoms with van der Waals surface area (Å²) in [5.41, 5.74) is -0.393. The zero-order valence-corrected chi connectivity index (χ0v) is 13.3. The number of hydrogen-bond acceptors (Lipinski definition) is 4. The molecule has 0 aromatic carbocycles. The second-order valence-corrected chi connectivity index (χ2v) is 6.54. The van der Waals surface area contributed by atoms with Gasteiger partial charge in [0.15, 0.2) is 0 Å². The van der Waals surface area contributed by atoms with Crippen LogP contribution in [0.15, 0.2) is 0 Å². The Bertz CT molecular complexity index is 302. The minimum atomic E-state index is -0.929. The number of aliphatic hydroxyl groups excluding tert-OH is 1. The summed E-state index contributed by atoms with van der Waals surface area (Å²) in [6, 6.07) is 0. The zero-order valence-electron chi connectivity index (χ0n) is 13.3. The average molecular weight is 286 g/mol. The van der Waals surface area contributed by atoms with Crippen molar-refractivity contribution in [1.82, 2.24) is 10.2 Å². The van der Waals surface area contributed by atoms with Crippen LogP contribution in [0.2, 0.25) is 0 Å². The number of hydrogen-bond donors (Lipinski definition) is 2. The van der Waals surface area contributed by atoms with E-state index in [0.717, 1.165) is 38.8 Å². The third kappa shape index (κ3) is 6.20. The number of likely N-dealkylation sites (tertiary alicyclic amines) is 1. The second-order valence-electron chi connectivity index (χ2n) is 6.54. The van der Waals surface area contributed by atoms with Gasteiger partial charge in [-0.2, -0.15) is 0 Å². The van der Waals surface area contributed by atoms with Gasteiger partial charge in [0.2, 0.25) is 12.3 Å². The Morgan fingerprint density at radius 1 is 1.50 bits per heavy atom. The van der Waals surface area contributed by atoms with Gasteiger partial charge in [-0.3, -0.25) is 9.69 Å². The molecule has 1 saturated heterocycles. The summed E-state index contributed by atoms with van der Waals surface area (Å²) in [5.74, 6) is 0.0601. The van der Waals surface area contributed by atoms with Crippen molar-refractivity contribution in [3.8, 4) is 0 Å². The van der Waals surface area contributed by atoms with E-state index in [9.17, 15) is 9.90 Å². The molecule has 118 valence electrons. The fourth-order valence-corrected chi connectivity index (χ4v) is 2.34. The Morgan fingerprint density at radius 2 is 2.20 bits per heavy atom. The Morgan fingerprint density at radius 3 is 2.80 bits per heavy atom. The summed E-state index contributed by atoms with van der Waals surface area (Å²) < 4.78 is 5.55. The molecule has 0 aromatic heterocycles. The topological polar surface area (TPSA) is 61.8 Å². The number of amides is 1. The molecule has 0 spiro atoms. The summed E-state index contributed by atoms with van der Waals surface area (Å²) >= 11 is 0. The Labute approximate surface area is 122 Å². The van der Waals surface area contributed by atoms with E-state index in [1.165, 1.54) is 0 Å². The lowest BCUT2D eigenvalue weighted by atomic mass is 9.97. The number of rotatable bonds is 6. The van der Waals surface area contributed by atoms with E-state index in [4.69, 9.17) is 4.74 Å². The van der Waals surface area contributed by atoms with Crippen LogP contribution in [-0.4, -0.2) is 47.6 Å². The van der Waals surface area contributed by atoms with Crippen molar-refractivity contribution in [1.29, 1.82) is 0 Å². The van der Waals surface area contributed by atoms with Crippen LogP contribution in [0.3, 0.4) is 0 Å². The van der Waals surface area contributed by atoms with Gasteiger partial charge in [-0.15, -0.1) is 0 Å². The van der Waals surface area contributed by atoms with E-state index < -0.39 is 12.0 Å². The fourth-order valence-electron chi connectivity index (χ4n) is 2.34. The van der Waals surface area contributed by atoms with Crippen LogP contribution >= 0.6 is 0 Å². The monoisotopic (exact) mass is 286 g/mol. The van der Waals surface area contributed by atoms with Crippen LogP contribution in [0.5, 0.6) is 0 Å². The van der Waals surface area contributed by atoms with Crippen LogP contribution in [-0.2, 0) is 9.53 Å². The number of ether oxygens (including phenoxy) is 1. The van der Waals surface area contributed by atoms with E-state index in [-0.39, 0.29) is 11.8 Å². The van der Waals surface area contributed by atoms with Crippen LogP contribution < -0.4 is 5.32 Å². The number of carbonyl (C=O) groups excluding carboxylic acids is 1. The molecule has 0 aliphatic carbocycles. The summed E-state index contributed by atoms with van der Waals surface area (Å²) in [4.78, 5) is 13.9. The molecule has 2 atom stereocenters. The molecular formula is C15H30N2O3. The lowest BCUT2D eigenvalue weighted by Gasteiger charge is -2.37. The lowest BCUT2D eigenvalue weighted by Crippen LogP contribution is -2.49. The standard InChI is InChI=1S/C15H30N2O3/c1-5-6-9-16-13(18)12-8-7-10-17(11-12)14(19)20-15(2,3)4/h12,14,19H,5-11H2,1-4H3,(H,16,18)/t12-,14?/m0/s1. The lowest BCUT2D eigenvalue weighted by molar-refractivity contribution is -0.244. The molecule has 1 heterocycles. The van der Waals surface area contributed by atoms with E-state index in [1.54, 1.807) is 0 Å². The molecule has 5 heteroatoms. The molecule has 20 heavy (non-hydrogen) atoms. The highest BCUT2D eigenvalue weighted by Crippen LogP contribution is 2.21. The first-order valence-corrected chi connectivity index (χ1v) is 7.71. The number of nitrogens with zero attached hydrogens (tertiary/aromatic N) is 1. The number of piperidine rings is 1. The summed E-state index contributed by atoms with van der Waals surface area (Å²) in [6.45, 7) is 9.92. The van der Waals surface area contributed by atoms with Crippen molar-refractivity contribution in [3.63, 3.8) is 0 Å². The highest BCUT2D eigenvalue weighted by atomic mass is 16.6. The van der Waals surface area contributed by atoms with Gasteiger partial charge in [-0.1, -0.05) is 13.3 Å². The fraction of sp³-hybridized carbons (Fsp3) is 0.933. The predicted octanol–water partition coefficient (Wildman–Crippen LogP) is 1.71. The Hall–Kier alpha value is -0.650. The third-order valence-corrected chi connectivity index (χ3v) is 3.42. The number of nitrogens with one attached hydrogen (secondary N) is 1. The van der Waals surface area contributed by atoms with Crippen molar-refractivity contribution in [3.05, 3.63) is 0 Å². The van der Waals surface area contributed by atoms with Crippen molar-refractivity contribution in [2.75, 3.05) is 19.6 Å². The molecule has 1 amide bonds. The summed E-state index contributed by atoms with van der Waals surface area (Å²) in [7, 11) is 0. The van der Waals surface area contributed by atoms with Crippen molar-refractivity contribution >= 4 is 5.91 Å². The average Bonchev–Trinajstić information content (AvgIpc) is 2.37. The van der Waals surface area contributed by atoms with Crippen LogP contribution in [0.25, 0.3) is 0 Å². The van der Waals surface area contributed by atoms with Crippen molar-refractivity contribution in [2.24, 2.45) is 5.92 Å². The molecular weight excluding hydrogens is 256 g/mol. The van der Waals surface area contributed by atoms with E-state index >= 15 is 0 Å². The number of aliphatic hydroxyl groups is 1. The predicted molar refractivity (Wildman–Crippen MR) is 79.1 cm³/mol. The summed E-state index contributed by atoms with van der Waals surface area (Å²) in [5, 5.41) is 13.1. The third-order valence-electron chi connectivity index (χ3n) is 3.42. The molecule has 1 aliphatic rings. The molecule has 0 bridgehead atoms. The van der Waals surface area contributed by atoms with Gasteiger partial charge in [0.25, 0.3) is 0 Å². The second kappa shape index (κ2) is 7.96. The van der Waals surface area contributed by atoms with E-state index in [1.807, 2.05) is 25.7 Å². The van der Waals surface area contributed by atoms with Gasteiger partial charge < -0.3 is 15.2 Å². The normalized spacial score (nSPS) is 22.6. The number of carbonyl (C=O) groups is 1. The maximum absolute atomic E-state index is 12.1. The number of unbranched alkanes of at least 4 members (excludes halogenated alkanes) is 1. The maximum atomic E-state index is 12.1. The van der Waals surface area contributed by atoms with Gasteiger partial charge in [0, 0.05) is 19.6 Å². The van der Waals surface area contributed by atoms with Crippen molar-refractivity contribution < 1.29 is 14.6 Å². The minimum Gasteiger partial charge on any atom is -0.356 e. The van der Waals surface area contributed by atoms with E-state index in [0.29, 0.717) is 6.54 Å². The molecule has 0 saturated carbocycles.